The van der Waals surface area contributed by atoms with Gasteiger partial charge >= 0.3 is 0 Å². The van der Waals surface area contributed by atoms with Gasteiger partial charge in [-0.15, -0.1) is 0 Å². The first kappa shape index (κ1) is 15.6. The Morgan fingerprint density at radius 3 is 2.76 bits per heavy atom. The summed E-state index contributed by atoms with van der Waals surface area (Å²) in [6, 6.07) is 7.60. The topological polar surface area (TPSA) is 85.5 Å². The van der Waals surface area contributed by atoms with Crippen molar-refractivity contribution in [3.63, 3.8) is 0 Å². The maximum atomic E-state index is 11.8. The predicted molar refractivity (Wildman–Crippen MR) is 84.7 cm³/mol. The Morgan fingerprint density at radius 1 is 1.43 bits per heavy atom. The lowest BCUT2D eigenvalue weighted by atomic mass is 10.2. The van der Waals surface area contributed by atoms with Crippen molar-refractivity contribution in [1.29, 1.82) is 0 Å². The van der Waals surface area contributed by atoms with Crippen molar-refractivity contribution in [2.24, 2.45) is 0 Å². The molecule has 0 aliphatic rings. The van der Waals surface area contributed by atoms with Gasteiger partial charge in [0.05, 0.1) is 7.11 Å². The molecule has 0 fully saturated rings. The standard InChI is InChI=1S/C13H17N3O3S2/c1-16(8-9-5-4-6-10(7-9)19-2)13-11(21(3,17)18)12(14)15-20-13/h4-7H,8H2,1-3H3,(H2,14,15). The number of sulfone groups is 1. The number of methoxy groups -OCH3 is 1. The molecule has 6 nitrogen and oxygen atoms in total. The number of rotatable bonds is 5. The van der Waals surface area contributed by atoms with Crippen LogP contribution < -0.4 is 15.4 Å². The number of hydrogen-bond acceptors (Lipinski definition) is 7. The van der Waals surface area contributed by atoms with Crippen LogP contribution in [0.3, 0.4) is 0 Å². The van der Waals surface area contributed by atoms with E-state index in [0.29, 0.717) is 11.5 Å². The van der Waals surface area contributed by atoms with Gasteiger partial charge in [0.1, 0.15) is 15.6 Å². The van der Waals surface area contributed by atoms with Gasteiger partial charge in [-0.3, -0.25) is 0 Å². The first-order valence-corrected chi connectivity index (χ1v) is 8.78. The Balaban J connectivity index is 2.31. The van der Waals surface area contributed by atoms with Crippen molar-refractivity contribution >= 4 is 32.2 Å². The fourth-order valence-electron chi connectivity index (χ4n) is 1.99. The second kappa shape index (κ2) is 5.90. The Morgan fingerprint density at radius 2 is 2.14 bits per heavy atom. The fraction of sp³-hybridized carbons (Fsp3) is 0.308. The van der Waals surface area contributed by atoms with Gasteiger partial charge in [-0.05, 0) is 29.2 Å². The molecular formula is C13H17N3O3S2. The molecule has 114 valence electrons. The first-order valence-electron chi connectivity index (χ1n) is 6.12. The van der Waals surface area contributed by atoms with Crippen LogP contribution in [0.1, 0.15) is 5.56 Å². The normalized spacial score (nSPS) is 11.4. The summed E-state index contributed by atoms with van der Waals surface area (Å²) in [7, 11) is -0.00209. The summed E-state index contributed by atoms with van der Waals surface area (Å²) in [5.74, 6) is 0.808. The van der Waals surface area contributed by atoms with Crippen LogP contribution in [0.25, 0.3) is 0 Å². The van der Waals surface area contributed by atoms with E-state index < -0.39 is 9.84 Å². The Bertz CT molecular complexity index is 741. The highest BCUT2D eigenvalue weighted by Gasteiger charge is 2.23. The third kappa shape index (κ3) is 3.45. The highest BCUT2D eigenvalue weighted by molar-refractivity contribution is 7.91. The van der Waals surface area contributed by atoms with E-state index in [1.165, 1.54) is 0 Å². The van der Waals surface area contributed by atoms with Crippen LogP contribution in [0, 0.1) is 0 Å². The number of hydrogen-bond donors (Lipinski definition) is 1. The molecule has 0 aliphatic heterocycles. The summed E-state index contributed by atoms with van der Waals surface area (Å²) in [6.07, 6.45) is 1.13. The van der Waals surface area contributed by atoms with Crippen LogP contribution in [0.4, 0.5) is 10.8 Å². The zero-order chi connectivity index (χ0) is 15.6. The molecule has 2 N–H and O–H groups in total. The molecule has 1 aromatic heterocycles. The molecule has 2 aromatic rings. The monoisotopic (exact) mass is 327 g/mol. The minimum absolute atomic E-state index is 0.0509. The maximum absolute atomic E-state index is 11.8. The summed E-state index contributed by atoms with van der Waals surface area (Å²) in [4.78, 5) is 1.91. The fourth-order valence-corrected chi connectivity index (χ4v) is 4.18. The molecule has 0 radical (unpaired) electrons. The van der Waals surface area contributed by atoms with E-state index in [-0.39, 0.29) is 10.7 Å². The summed E-state index contributed by atoms with van der Waals surface area (Å²) >= 11 is 1.08. The van der Waals surface area contributed by atoms with E-state index in [4.69, 9.17) is 10.5 Å². The molecule has 0 aliphatic carbocycles. The number of aromatic nitrogens is 1. The maximum Gasteiger partial charge on any atom is 0.182 e. The van der Waals surface area contributed by atoms with Crippen molar-refractivity contribution in [3.05, 3.63) is 29.8 Å². The molecule has 1 heterocycles. The molecule has 21 heavy (non-hydrogen) atoms. The van der Waals surface area contributed by atoms with Crippen LogP contribution in [0.5, 0.6) is 5.75 Å². The molecule has 1 aromatic carbocycles. The second-order valence-electron chi connectivity index (χ2n) is 4.68. The van der Waals surface area contributed by atoms with Crippen molar-refractivity contribution in [3.8, 4) is 5.75 Å². The molecule has 2 rings (SSSR count). The average molecular weight is 327 g/mol. The highest BCUT2D eigenvalue weighted by atomic mass is 32.2. The van der Waals surface area contributed by atoms with Crippen LogP contribution in [-0.4, -0.2) is 33.2 Å². The largest absolute Gasteiger partial charge is 0.497 e. The van der Waals surface area contributed by atoms with E-state index in [2.05, 4.69) is 4.37 Å². The first-order chi connectivity index (χ1) is 9.82. The van der Waals surface area contributed by atoms with Crippen molar-refractivity contribution in [1.82, 2.24) is 4.37 Å². The molecule has 0 spiro atoms. The van der Waals surface area contributed by atoms with Gasteiger partial charge < -0.3 is 15.4 Å². The molecule has 0 atom stereocenters. The van der Waals surface area contributed by atoms with E-state index in [1.54, 1.807) is 14.2 Å². The van der Waals surface area contributed by atoms with Crippen molar-refractivity contribution in [2.75, 3.05) is 31.0 Å². The molecule has 0 saturated carbocycles. The second-order valence-corrected chi connectivity index (χ2v) is 7.39. The quantitative estimate of drug-likeness (QED) is 0.901. The van der Waals surface area contributed by atoms with Crippen LogP contribution in [-0.2, 0) is 16.4 Å². The van der Waals surface area contributed by atoms with Gasteiger partial charge in [-0.25, -0.2) is 8.42 Å². The Hall–Kier alpha value is -1.80. The Labute approximate surface area is 128 Å². The third-order valence-corrected chi connectivity index (χ3v) is 5.18. The zero-order valence-electron chi connectivity index (χ0n) is 12.0. The number of anilines is 2. The van der Waals surface area contributed by atoms with E-state index in [0.717, 1.165) is 29.1 Å². The SMILES string of the molecule is COc1cccc(CN(C)c2snc(N)c2S(C)(=O)=O)c1. The van der Waals surface area contributed by atoms with Crippen LogP contribution >= 0.6 is 11.5 Å². The number of benzene rings is 1. The van der Waals surface area contributed by atoms with Gasteiger partial charge in [0, 0.05) is 19.8 Å². The van der Waals surface area contributed by atoms with E-state index in [1.807, 2.05) is 29.2 Å². The average Bonchev–Trinajstić information content (AvgIpc) is 2.81. The smallest absolute Gasteiger partial charge is 0.182 e. The van der Waals surface area contributed by atoms with E-state index in [9.17, 15) is 8.42 Å². The van der Waals surface area contributed by atoms with Crippen molar-refractivity contribution < 1.29 is 13.2 Å². The lowest BCUT2D eigenvalue weighted by molar-refractivity contribution is 0.414. The summed E-state index contributed by atoms with van der Waals surface area (Å²) in [6.45, 7) is 0.529. The molecule has 8 heteroatoms. The molecular weight excluding hydrogens is 310 g/mol. The van der Waals surface area contributed by atoms with Gasteiger partial charge in [-0.2, -0.15) is 4.37 Å². The summed E-state index contributed by atoms with van der Waals surface area (Å²) in [5, 5.41) is 0.540. The van der Waals surface area contributed by atoms with Gasteiger partial charge in [0.25, 0.3) is 0 Å². The Kier molecular flexibility index (Phi) is 4.38. The van der Waals surface area contributed by atoms with Gasteiger partial charge in [0.15, 0.2) is 15.7 Å². The molecule has 0 unspecified atom stereocenters. The minimum Gasteiger partial charge on any atom is -0.497 e. The summed E-state index contributed by atoms with van der Waals surface area (Å²) in [5.41, 5.74) is 6.68. The number of nitrogens with two attached hydrogens (primary N) is 1. The molecule has 0 bridgehead atoms. The van der Waals surface area contributed by atoms with Gasteiger partial charge in [0.2, 0.25) is 0 Å². The summed E-state index contributed by atoms with van der Waals surface area (Å²) < 4.78 is 32.8. The predicted octanol–water partition coefficient (Wildman–Crippen LogP) is 1.77. The number of ether oxygens (including phenoxy) is 1. The van der Waals surface area contributed by atoms with Crippen molar-refractivity contribution in [2.45, 2.75) is 11.4 Å². The zero-order valence-corrected chi connectivity index (χ0v) is 13.7. The van der Waals surface area contributed by atoms with E-state index >= 15 is 0 Å². The lowest BCUT2D eigenvalue weighted by Crippen LogP contribution is -2.17. The van der Waals surface area contributed by atoms with Crippen LogP contribution in [0.15, 0.2) is 29.2 Å². The lowest BCUT2D eigenvalue weighted by Gasteiger charge is -2.18. The minimum atomic E-state index is -3.41. The van der Waals surface area contributed by atoms with Gasteiger partial charge in [-0.1, -0.05) is 12.1 Å². The number of nitrogen functional groups attached to an aromatic ring is 1. The number of nitrogens with zero attached hydrogens (tertiary/aromatic N) is 2. The van der Waals surface area contributed by atoms with Crippen LogP contribution in [0.2, 0.25) is 0 Å². The third-order valence-electron chi connectivity index (χ3n) is 2.93. The molecule has 0 amide bonds. The molecule has 0 saturated heterocycles. The highest BCUT2D eigenvalue weighted by Crippen LogP contribution is 2.34.